The third-order valence-corrected chi connectivity index (χ3v) is 8.05. The van der Waals surface area contributed by atoms with Gasteiger partial charge < -0.3 is 0 Å². The van der Waals surface area contributed by atoms with E-state index in [0.717, 1.165) is 35.4 Å². The fourth-order valence-electron chi connectivity index (χ4n) is 2.83. The van der Waals surface area contributed by atoms with Crippen LogP contribution in [0.2, 0.25) is 0 Å². The van der Waals surface area contributed by atoms with Crippen LogP contribution in [0.25, 0.3) is 21.7 Å². The summed E-state index contributed by atoms with van der Waals surface area (Å²) in [6.07, 6.45) is 1.18. The van der Waals surface area contributed by atoms with Crippen LogP contribution in [-0.2, 0) is 9.84 Å². The highest BCUT2D eigenvalue weighted by molar-refractivity contribution is 9.10. The Kier molecular flexibility index (Phi) is 6.11. The van der Waals surface area contributed by atoms with Gasteiger partial charge in [0.25, 0.3) is 0 Å². The van der Waals surface area contributed by atoms with E-state index in [0.29, 0.717) is 0 Å². The second-order valence-electron chi connectivity index (χ2n) is 6.52. The summed E-state index contributed by atoms with van der Waals surface area (Å²) in [6, 6.07) is 20.9. The van der Waals surface area contributed by atoms with Crippen molar-refractivity contribution in [3.05, 3.63) is 83.1 Å². The van der Waals surface area contributed by atoms with Gasteiger partial charge in [-0.05, 0) is 48.0 Å². The number of thiazole rings is 1. The molecule has 1 aromatic heterocycles. The van der Waals surface area contributed by atoms with Crippen LogP contribution in [0, 0.1) is 5.82 Å². The molecule has 0 aliphatic heterocycles. The van der Waals surface area contributed by atoms with Crippen molar-refractivity contribution in [2.45, 2.75) is 14.1 Å². The lowest BCUT2D eigenvalue weighted by atomic mass is 10.1. The van der Waals surface area contributed by atoms with Crippen molar-refractivity contribution >= 4 is 48.9 Å². The van der Waals surface area contributed by atoms with Gasteiger partial charge >= 0.3 is 0 Å². The van der Waals surface area contributed by atoms with E-state index < -0.39 is 9.84 Å². The highest BCUT2D eigenvalue weighted by Gasteiger charge is 2.17. The van der Waals surface area contributed by atoms with Gasteiger partial charge in [-0.1, -0.05) is 58.0 Å². The minimum Gasteiger partial charge on any atom is -0.229 e. The molecule has 0 saturated heterocycles. The summed E-state index contributed by atoms with van der Waals surface area (Å²) in [4.78, 5) is 7.02. The molecule has 3 aromatic carbocycles. The Hall–Kier alpha value is -2.00. The van der Waals surface area contributed by atoms with Crippen molar-refractivity contribution in [2.24, 2.45) is 0 Å². The average Bonchev–Trinajstić information content (AvgIpc) is 3.12. The van der Waals surface area contributed by atoms with E-state index in [1.807, 2.05) is 24.3 Å². The Balaban J connectivity index is 1.79. The topological polar surface area (TPSA) is 47.0 Å². The molecule has 30 heavy (non-hydrogen) atoms. The second kappa shape index (κ2) is 8.63. The highest BCUT2D eigenvalue weighted by Crippen LogP contribution is 2.42. The van der Waals surface area contributed by atoms with Gasteiger partial charge in [0, 0.05) is 21.2 Å². The first-order valence-corrected chi connectivity index (χ1v) is 13.1. The maximum Gasteiger partial charge on any atom is 0.175 e. The smallest absolute Gasteiger partial charge is 0.175 e. The van der Waals surface area contributed by atoms with Gasteiger partial charge in [-0.15, -0.1) is 11.3 Å². The summed E-state index contributed by atoms with van der Waals surface area (Å²) in [6.45, 7) is 0. The highest BCUT2D eigenvalue weighted by atomic mass is 79.9. The first-order valence-electron chi connectivity index (χ1n) is 8.80. The predicted molar refractivity (Wildman–Crippen MR) is 124 cm³/mol. The van der Waals surface area contributed by atoms with Crippen molar-refractivity contribution in [3.63, 3.8) is 0 Å². The minimum absolute atomic E-state index is 0.258. The Labute approximate surface area is 191 Å². The van der Waals surface area contributed by atoms with Crippen LogP contribution in [0.1, 0.15) is 0 Å². The molecular weight excluding hydrogens is 505 g/mol. The van der Waals surface area contributed by atoms with Crippen LogP contribution in [0.3, 0.4) is 0 Å². The van der Waals surface area contributed by atoms with Crippen LogP contribution in [0.4, 0.5) is 4.39 Å². The first kappa shape index (κ1) is 21.2. The van der Waals surface area contributed by atoms with E-state index >= 15 is 0 Å². The van der Waals surface area contributed by atoms with Crippen LogP contribution >= 0.6 is 39.0 Å². The van der Waals surface area contributed by atoms with Crippen molar-refractivity contribution in [2.75, 3.05) is 6.26 Å². The van der Waals surface area contributed by atoms with Crippen molar-refractivity contribution in [1.82, 2.24) is 4.98 Å². The van der Waals surface area contributed by atoms with E-state index in [1.54, 1.807) is 48.2 Å². The second-order valence-corrected chi connectivity index (χ2v) is 11.8. The molecule has 0 aliphatic rings. The zero-order valence-electron chi connectivity index (χ0n) is 15.7. The van der Waals surface area contributed by atoms with E-state index in [-0.39, 0.29) is 10.7 Å². The van der Waals surface area contributed by atoms with Gasteiger partial charge in [0.05, 0.1) is 15.5 Å². The lowest BCUT2D eigenvalue weighted by molar-refractivity contribution is 0.602. The SMILES string of the molecule is CS(=O)(=O)c1ccc(-c2nc(Sc3cccc(Br)c3)sc2-c2ccc(F)cc2)cc1. The van der Waals surface area contributed by atoms with Crippen molar-refractivity contribution in [1.29, 1.82) is 0 Å². The number of sulfone groups is 1. The Bertz CT molecular complexity index is 1300. The van der Waals surface area contributed by atoms with Gasteiger partial charge in [0.2, 0.25) is 0 Å². The quantitative estimate of drug-likeness (QED) is 0.286. The molecule has 0 atom stereocenters. The summed E-state index contributed by atoms with van der Waals surface area (Å²) in [7, 11) is -3.28. The molecule has 4 rings (SSSR count). The molecule has 0 N–H and O–H groups in total. The van der Waals surface area contributed by atoms with Gasteiger partial charge in [-0.25, -0.2) is 17.8 Å². The van der Waals surface area contributed by atoms with Crippen molar-refractivity contribution < 1.29 is 12.8 Å². The van der Waals surface area contributed by atoms with E-state index in [1.165, 1.54) is 29.7 Å². The number of halogens is 2. The molecule has 0 fully saturated rings. The van der Waals surface area contributed by atoms with Crippen LogP contribution < -0.4 is 0 Å². The summed E-state index contributed by atoms with van der Waals surface area (Å²) < 4.78 is 38.8. The van der Waals surface area contributed by atoms with E-state index in [9.17, 15) is 12.8 Å². The lowest BCUT2D eigenvalue weighted by Crippen LogP contribution is -1.96. The van der Waals surface area contributed by atoms with Crippen LogP contribution in [0.5, 0.6) is 0 Å². The monoisotopic (exact) mass is 519 g/mol. The van der Waals surface area contributed by atoms with Gasteiger partial charge in [-0.2, -0.15) is 0 Å². The summed E-state index contributed by atoms with van der Waals surface area (Å²) in [5, 5.41) is 0. The number of rotatable bonds is 5. The standard InChI is InChI=1S/C22H15BrFNO2S3/c1-30(26,27)19-11-7-14(8-12-19)20-21(15-5-9-17(24)10-6-15)29-22(25-20)28-18-4-2-3-16(23)13-18/h2-13H,1H3. The van der Waals surface area contributed by atoms with Crippen molar-refractivity contribution in [3.8, 4) is 21.7 Å². The number of aromatic nitrogens is 1. The predicted octanol–water partition coefficient (Wildman–Crippen LogP) is 6.93. The Morgan fingerprint density at radius 1 is 0.967 bits per heavy atom. The molecule has 0 bridgehead atoms. The largest absolute Gasteiger partial charge is 0.229 e. The van der Waals surface area contributed by atoms with Crippen LogP contribution in [-0.4, -0.2) is 19.7 Å². The molecule has 152 valence electrons. The molecule has 0 radical (unpaired) electrons. The molecule has 1 heterocycles. The number of benzene rings is 3. The number of nitrogens with zero attached hydrogens (tertiary/aromatic N) is 1. The Morgan fingerprint density at radius 3 is 2.27 bits per heavy atom. The zero-order chi connectivity index (χ0) is 21.3. The molecule has 0 aliphatic carbocycles. The summed E-state index contributed by atoms with van der Waals surface area (Å²) in [5.41, 5.74) is 2.40. The minimum atomic E-state index is -3.28. The normalized spacial score (nSPS) is 11.6. The van der Waals surface area contributed by atoms with E-state index in [2.05, 4.69) is 15.9 Å². The molecule has 0 spiro atoms. The van der Waals surface area contributed by atoms with Gasteiger partial charge in [0.15, 0.2) is 14.2 Å². The fraction of sp³-hybridized carbons (Fsp3) is 0.0455. The zero-order valence-corrected chi connectivity index (χ0v) is 19.7. The van der Waals surface area contributed by atoms with E-state index in [4.69, 9.17) is 4.98 Å². The lowest BCUT2D eigenvalue weighted by Gasteiger charge is -2.04. The molecule has 8 heteroatoms. The third-order valence-electron chi connectivity index (χ3n) is 4.27. The fourth-order valence-corrected chi connectivity index (χ4v) is 6.21. The molecular formula is C22H15BrFNO2S3. The summed E-state index contributed by atoms with van der Waals surface area (Å²) >= 11 is 6.55. The first-order chi connectivity index (χ1) is 14.3. The van der Waals surface area contributed by atoms with Crippen LogP contribution in [0.15, 0.2) is 91.4 Å². The van der Waals surface area contributed by atoms with Gasteiger partial charge in [0.1, 0.15) is 5.82 Å². The number of hydrogen-bond donors (Lipinski definition) is 0. The maximum atomic E-state index is 13.4. The molecule has 0 saturated carbocycles. The average molecular weight is 520 g/mol. The molecule has 3 nitrogen and oxygen atoms in total. The molecule has 0 amide bonds. The maximum absolute atomic E-state index is 13.4. The number of hydrogen-bond acceptors (Lipinski definition) is 5. The third kappa shape index (κ3) is 4.83. The molecule has 0 unspecified atom stereocenters. The van der Waals surface area contributed by atoms with Gasteiger partial charge in [-0.3, -0.25) is 0 Å². The Morgan fingerprint density at radius 2 is 1.63 bits per heavy atom. The molecule has 4 aromatic rings. The summed E-state index contributed by atoms with van der Waals surface area (Å²) in [5.74, 6) is -0.300.